The quantitative estimate of drug-likeness (QED) is 0.0231. The predicted molar refractivity (Wildman–Crippen MR) is 219 cm³/mol. The molecule has 0 aromatic rings. The van der Waals surface area contributed by atoms with Gasteiger partial charge in [0.15, 0.2) is 12.4 Å². The second-order valence-electron chi connectivity index (χ2n) is 15.9. The van der Waals surface area contributed by atoms with Crippen LogP contribution in [0.15, 0.2) is 0 Å². The van der Waals surface area contributed by atoms with Crippen molar-refractivity contribution in [3.63, 3.8) is 0 Å². The monoisotopic (exact) mass is 774 g/mol. The van der Waals surface area contributed by atoms with Crippen molar-refractivity contribution < 1.29 is 44.6 Å². The molecule has 0 bridgehead atoms. The van der Waals surface area contributed by atoms with E-state index in [1.807, 2.05) is 4.90 Å². The standard InChI is InChI=1S/C44H87NO9/c1-4-7-10-13-16-17-18-23-30-37-53-43(50)44(51,52)34-27-29-36-45(38-41(47)48)35-28-22-21-26-33-40(46)42(49)54-39(31-24-19-14-11-8-5-2)32-25-20-15-12-9-6-3/h39-41,46-48,51-52H,4-38H2,1-3H3. The van der Waals surface area contributed by atoms with E-state index in [4.69, 9.17) is 9.47 Å². The van der Waals surface area contributed by atoms with Gasteiger partial charge in [-0.05, 0) is 70.9 Å². The van der Waals surface area contributed by atoms with Gasteiger partial charge in [-0.1, -0.05) is 156 Å². The Labute approximate surface area is 331 Å². The number of hydrogen-bond acceptors (Lipinski definition) is 10. The van der Waals surface area contributed by atoms with E-state index in [1.54, 1.807) is 0 Å². The minimum atomic E-state index is -2.53. The molecular formula is C44H87NO9. The maximum absolute atomic E-state index is 12.8. The van der Waals surface area contributed by atoms with Crippen LogP contribution in [0, 0.1) is 0 Å². The molecule has 0 radical (unpaired) electrons. The summed E-state index contributed by atoms with van der Waals surface area (Å²) in [4.78, 5) is 26.9. The number of hydrogen-bond donors (Lipinski definition) is 5. The summed E-state index contributed by atoms with van der Waals surface area (Å²) in [6.07, 6.45) is 27.9. The lowest BCUT2D eigenvalue weighted by Gasteiger charge is -2.24. The number of aliphatic hydroxyl groups is 5. The van der Waals surface area contributed by atoms with Crippen molar-refractivity contribution in [1.29, 1.82) is 0 Å². The van der Waals surface area contributed by atoms with Crippen LogP contribution in [0.4, 0.5) is 0 Å². The third-order valence-electron chi connectivity index (χ3n) is 10.5. The van der Waals surface area contributed by atoms with Crippen LogP contribution in [-0.4, -0.2) is 92.9 Å². The Morgan fingerprint density at radius 3 is 1.43 bits per heavy atom. The highest BCUT2D eigenvalue weighted by Gasteiger charge is 2.34. The van der Waals surface area contributed by atoms with E-state index in [-0.39, 0.29) is 25.7 Å². The molecule has 0 spiro atoms. The summed E-state index contributed by atoms with van der Waals surface area (Å²) in [5.41, 5.74) is 0. The molecule has 0 heterocycles. The van der Waals surface area contributed by atoms with Crippen molar-refractivity contribution in [3.05, 3.63) is 0 Å². The molecular weight excluding hydrogens is 686 g/mol. The van der Waals surface area contributed by atoms with Crippen molar-refractivity contribution in [3.8, 4) is 0 Å². The lowest BCUT2D eigenvalue weighted by molar-refractivity contribution is -0.212. The van der Waals surface area contributed by atoms with Crippen molar-refractivity contribution in [2.24, 2.45) is 0 Å². The number of carbonyl (C=O) groups excluding carboxylic acids is 2. The minimum absolute atomic E-state index is 0.0768. The summed E-state index contributed by atoms with van der Waals surface area (Å²) in [5.74, 6) is -4.04. The van der Waals surface area contributed by atoms with E-state index in [0.29, 0.717) is 45.2 Å². The molecule has 0 aromatic carbocycles. The normalized spacial score (nSPS) is 12.6. The summed E-state index contributed by atoms with van der Waals surface area (Å²) in [7, 11) is 0. The van der Waals surface area contributed by atoms with Crippen LogP contribution in [0.2, 0.25) is 0 Å². The molecule has 0 aliphatic carbocycles. The lowest BCUT2D eigenvalue weighted by atomic mass is 10.0. The fraction of sp³-hybridized carbons (Fsp3) is 0.955. The summed E-state index contributed by atoms with van der Waals surface area (Å²) >= 11 is 0. The van der Waals surface area contributed by atoms with E-state index in [1.165, 1.54) is 89.9 Å². The maximum atomic E-state index is 12.8. The van der Waals surface area contributed by atoms with E-state index in [9.17, 15) is 35.1 Å². The van der Waals surface area contributed by atoms with Crippen LogP contribution < -0.4 is 0 Å². The highest BCUT2D eigenvalue weighted by molar-refractivity contribution is 5.77. The Morgan fingerprint density at radius 2 is 0.944 bits per heavy atom. The first-order chi connectivity index (χ1) is 26.1. The average Bonchev–Trinajstić information content (AvgIpc) is 3.14. The van der Waals surface area contributed by atoms with Crippen molar-refractivity contribution in [1.82, 2.24) is 4.90 Å². The number of nitrogens with zero attached hydrogens (tertiary/aromatic N) is 1. The molecule has 10 heteroatoms. The van der Waals surface area contributed by atoms with Gasteiger partial charge in [-0.2, -0.15) is 0 Å². The highest BCUT2D eigenvalue weighted by Crippen LogP contribution is 2.19. The predicted octanol–water partition coefficient (Wildman–Crippen LogP) is 9.25. The Bertz CT molecular complexity index is 825. The van der Waals surface area contributed by atoms with Gasteiger partial charge in [0.05, 0.1) is 6.61 Å². The number of rotatable bonds is 41. The number of carbonyl (C=O) groups is 2. The van der Waals surface area contributed by atoms with Gasteiger partial charge >= 0.3 is 11.9 Å². The van der Waals surface area contributed by atoms with Gasteiger partial charge in [0.1, 0.15) is 6.10 Å². The average molecular weight is 774 g/mol. The maximum Gasteiger partial charge on any atom is 0.366 e. The van der Waals surface area contributed by atoms with Crippen molar-refractivity contribution in [2.75, 3.05) is 26.2 Å². The van der Waals surface area contributed by atoms with Crippen LogP contribution in [0.1, 0.15) is 220 Å². The molecule has 1 unspecified atom stereocenters. The topological polar surface area (TPSA) is 157 Å². The van der Waals surface area contributed by atoms with Crippen molar-refractivity contribution in [2.45, 2.75) is 244 Å². The summed E-state index contributed by atoms with van der Waals surface area (Å²) in [6.45, 7) is 8.05. The molecule has 0 rings (SSSR count). The Kier molecular flexibility index (Phi) is 36.4. The smallest absolute Gasteiger partial charge is 0.366 e. The summed E-state index contributed by atoms with van der Waals surface area (Å²) in [6, 6.07) is 0. The second kappa shape index (κ2) is 37.3. The van der Waals surface area contributed by atoms with E-state index >= 15 is 0 Å². The second-order valence-corrected chi connectivity index (χ2v) is 15.9. The van der Waals surface area contributed by atoms with Gasteiger partial charge in [-0.15, -0.1) is 0 Å². The molecule has 322 valence electrons. The summed E-state index contributed by atoms with van der Waals surface area (Å²) in [5, 5.41) is 50.2. The first kappa shape index (κ1) is 52.7. The SMILES string of the molecule is CCCCCCCCCCCOC(=O)C(O)(O)CCCCN(CCCCCCC(O)C(=O)OC(CCCCCCCC)CCCCCCCC)CC(O)O. The van der Waals surface area contributed by atoms with Crippen LogP contribution >= 0.6 is 0 Å². The first-order valence-electron chi connectivity index (χ1n) is 22.7. The number of unbranched alkanes of at least 4 members (excludes halogenated alkanes) is 22. The summed E-state index contributed by atoms with van der Waals surface area (Å²) < 4.78 is 11.0. The Balaban J connectivity index is 4.35. The molecule has 0 saturated heterocycles. The van der Waals surface area contributed by atoms with Gasteiger partial charge < -0.3 is 35.0 Å². The molecule has 54 heavy (non-hydrogen) atoms. The van der Waals surface area contributed by atoms with E-state index in [2.05, 4.69) is 20.8 Å². The van der Waals surface area contributed by atoms with Gasteiger partial charge in [-0.3, -0.25) is 4.90 Å². The first-order valence-corrected chi connectivity index (χ1v) is 22.7. The fourth-order valence-electron chi connectivity index (χ4n) is 6.98. The van der Waals surface area contributed by atoms with Gasteiger partial charge in [0.25, 0.3) is 5.79 Å². The third kappa shape index (κ3) is 32.9. The molecule has 1 atom stereocenters. The van der Waals surface area contributed by atoms with Gasteiger partial charge in [0, 0.05) is 13.0 Å². The van der Waals surface area contributed by atoms with Gasteiger partial charge in [-0.25, -0.2) is 9.59 Å². The molecule has 0 aliphatic heterocycles. The van der Waals surface area contributed by atoms with Crippen molar-refractivity contribution >= 4 is 11.9 Å². The van der Waals surface area contributed by atoms with Gasteiger partial charge in [0.2, 0.25) is 0 Å². The van der Waals surface area contributed by atoms with Crippen LogP contribution in [-0.2, 0) is 19.1 Å². The molecule has 0 aromatic heterocycles. The highest BCUT2D eigenvalue weighted by atomic mass is 16.6. The molecule has 0 aliphatic rings. The molecule has 0 saturated carbocycles. The zero-order valence-corrected chi connectivity index (χ0v) is 35.3. The Hall–Kier alpha value is -1.30. The number of ether oxygens (including phenoxy) is 2. The minimum Gasteiger partial charge on any atom is -0.462 e. The number of esters is 2. The molecule has 10 nitrogen and oxygen atoms in total. The van der Waals surface area contributed by atoms with E-state index < -0.39 is 30.1 Å². The van der Waals surface area contributed by atoms with Crippen LogP contribution in [0.5, 0.6) is 0 Å². The lowest BCUT2D eigenvalue weighted by Crippen LogP contribution is -2.40. The molecule has 0 fully saturated rings. The zero-order valence-electron chi connectivity index (χ0n) is 35.3. The third-order valence-corrected chi connectivity index (χ3v) is 10.5. The van der Waals surface area contributed by atoms with Crippen LogP contribution in [0.25, 0.3) is 0 Å². The molecule has 5 N–H and O–H groups in total. The fourth-order valence-corrected chi connectivity index (χ4v) is 6.98. The number of aliphatic hydroxyl groups excluding tert-OH is 2. The molecule has 0 amide bonds. The Morgan fingerprint density at radius 1 is 0.537 bits per heavy atom. The van der Waals surface area contributed by atoms with E-state index in [0.717, 1.165) is 70.6 Å². The largest absolute Gasteiger partial charge is 0.462 e. The zero-order chi connectivity index (χ0) is 40.1. The van der Waals surface area contributed by atoms with Crippen LogP contribution in [0.3, 0.4) is 0 Å².